The number of likely N-dealkylation sites (N-methyl/N-ethyl adjacent to an activating group) is 1. The van der Waals surface area contributed by atoms with Gasteiger partial charge < -0.3 is 10.1 Å². The molecule has 0 bridgehead atoms. The Balaban J connectivity index is 2.80. The maximum Gasteiger partial charge on any atom is 0.119 e. The predicted molar refractivity (Wildman–Crippen MR) is 91.0 cm³/mol. The molecule has 3 heteroatoms. The van der Waals surface area contributed by atoms with Crippen molar-refractivity contribution >= 4 is 0 Å². The topological polar surface area (TPSA) is 24.5 Å². The average molecular weight is 292 g/mol. The van der Waals surface area contributed by atoms with E-state index in [4.69, 9.17) is 4.74 Å². The second-order valence-corrected chi connectivity index (χ2v) is 5.69. The van der Waals surface area contributed by atoms with Crippen molar-refractivity contribution in [2.45, 2.75) is 53.1 Å². The molecule has 0 aliphatic rings. The third-order valence-corrected chi connectivity index (χ3v) is 3.79. The summed E-state index contributed by atoms with van der Waals surface area (Å²) in [5.74, 6) is 0.951. The van der Waals surface area contributed by atoms with E-state index in [-0.39, 0.29) is 0 Å². The molecule has 1 atom stereocenters. The standard InChI is InChI=1S/C18H32N2O/c1-6-13-19-18(14-20(7-2)15(4)5)16-9-11-17(12-10-16)21-8-3/h9-12,15,18-19H,6-8,13-14H2,1-5H3. The Labute approximate surface area is 130 Å². The Morgan fingerprint density at radius 1 is 1.10 bits per heavy atom. The summed E-state index contributed by atoms with van der Waals surface area (Å²) in [6.45, 7) is 14.9. The van der Waals surface area contributed by atoms with Crippen molar-refractivity contribution < 1.29 is 4.74 Å². The molecular weight excluding hydrogens is 260 g/mol. The van der Waals surface area contributed by atoms with E-state index < -0.39 is 0 Å². The highest BCUT2D eigenvalue weighted by atomic mass is 16.5. The minimum atomic E-state index is 0.378. The highest BCUT2D eigenvalue weighted by Crippen LogP contribution is 2.20. The summed E-state index contributed by atoms with van der Waals surface area (Å²) in [5, 5.41) is 3.67. The highest BCUT2D eigenvalue weighted by molar-refractivity contribution is 5.29. The molecule has 0 amide bonds. The molecule has 21 heavy (non-hydrogen) atoms. The third-order valence-electron chi connectivity index (χ3n) is 3.79. The highest BCUT2D eigenvalue weighted by Gasteiger charge is 2.16. The molecule has 120 valence electrons. The van der Waals surface area contributed by atoms with Crippen LogP contribution in [0.3, 0.4) is 0 Å². The number of nitrogens with zero attached hydrogens (tertiary/aromatic N) is 1. The fourth-order valence-corrected chi connectivity index (χ4v) is 2.51. The lowest BCUT2D eigenvalue weighted by atomic mass is 10.1. The molecule has 3 nitrogen and oxygen atoms in total. The predicted octanol–water partition coefficient (Wildman–Crippen LogP) is 3.86. The first-order chi connectivity index (χ1) is 10.1. The molecule has 0 radical (unpaired) electrons. The van der Waals surface area contributed by atoms with E-state index in [9.17, 15) is 0 Å². The van der Waals surface area contributed by atoms with Gasteiger partial charge in [-0.15, -0.1) is 0 Å². The Bertz CT molecular complexity index is 375. The van der Waals surface area contributed by atoms with Crippen molar-refractivity contribution in [3.63, 3.8) is 0 Å². The molecule has 0 aliphatic heterocycles. The van der Waals surface area contributed by atoms with Gasteiger partial charge in [-0.05, 0) is 58.0 Å². The summed E-state index contributed by atoms with van der Waals surface area (Å²) in [6.07, 6.45) is 1.15. The Hall–Kier alpha value is -1.06. The molecule has 1 unspecified atom stereocenters. The summed E-state index contributed by atoms with van der Waals surface area (Å²) in [4.78, 5) is 2.50. The van der Waals surface area contributed by atoms with E-state index >= 15 is 0 Å². The van der Waals surface area contributed by atoms with Crippen LogP contribution in [0.5, 0.6) is 5.75 Å². The Morgan fingerprint density at radius 2 is 1.76 bits per heavy atom. The van der Waals surface area contributed by atoms with Gasteiger partial charge in [-0.2, -0.15) is 0 Å². The minimum Gasteiger partial charge on any atom is -0.494 e. The van der Waals surface area contributed by atoms with Gasteiger partial charge in [0.25, 0.3) is 0 Å². The lowest BCUT2D eigenvalue weighted by Crippen LogP contribution is -2.39. The Morgan fingerprint density at radius 3 is 2.24 bits per heavy atom. The number of nitrogens with one attached hydrogen (secondary N) is 1. The largest absolute Gasteiger partial charge is 0.494 e. The first-order valence-electron chi connectivity index (χ1n) is 8.32. The molecule has 1 rings (SSSR count). The number of rotatable bonds is 10. The van der Waals surface area contributed by atoms with Gasteiger partial charge in [0.05, 0.1) is 6.61 Å². The van der Waals surface area contributed by atoms with Crippen molar-refractivity contribution in [3.8, 4) is 5.75 Å². The third kappa shape index (κ3) is 6.06. The van der Waals surface area contributed by atoms with Gasteiger partial charge in [0.1, 0.15) is 5.75 Å². The van der Waals surface area contributed by atoms with Crippen molar-refractivity contribution in [1.82, 2.24) is 10.2 Å². The summed E-state index contributed by atoms with van der Waals surface area (Å²) in [6, 6.07) is 9.47. The monoisotopic (exact) mass is 292 g/mol. The van der Waals surface area contributed by atoms with Crippen LogP contribution in [0.25, 0.3) is 0 Å². The fraction of sp³-hybridized carbons (Fsp3) is 0.667. The molecule has 0 saturated heterocycles. The number of ether oxygens (including phenoxy) is 1. The lowest BCUT2D eigenvalue weighted by molar-refractivity contribution is 0.207. The van der Waals surface area contributed by atoms with Gasteiger partial charge in [0.15, 0.2) is 0 Å². The fourth-order valence-electron chi connectivity index (χ4n) is 2.51. The van der Waals surface area contributed by atoms with Crippen LogP contribution >= 0.6 is 0 Å². The number of hydrogen-bond acceptors (Lipinski definition) is 3. The van der Waals surface area contributed by atoms with E-state index in [1.807, 2.05) is 6.92 Å². The van der Waals surface area contributed by atoms with Crippen LogP contribution in [0.1, 0.15) is 52.6 Å². The normalized spacial score (nSPS) is 12.9. The molecular formula is C18H32N2O. The number of hydrogen-bond donors (Lipinski definition) is 1. The van der Waals surface area contributed by atoms with Crippen molar-refractivity contribution in [2.24, 2.45) is 0 Å². The molecule has 0 saturated carbocycles. The van der Waals surface area contributed by atoms with Crippen molar-refractivity contribution in [2.75, 3.05) is 26.2 Å². The summed E-state index contributed by atoms with van der Waals surface area (Å²) in [7, 11) is 0. The van der Waals surface area contributed by atoms with Crippen LogP contribution in [0.2, 0.25) is 0 Å². The molecule has 1 N–H and O–H groups in total. The summed E-state index contributed by atoms with van der Waals surface area (Å²) < 4.78 is 5.53. The van der Waals surface area contributed by atoms with E-state index in [0.29, 0.717) is 18.7 Å². The minimum absolute atomic E-state index is 0.378. The van der Waals surface area contributed by atoms with Crippen molar-refractivity contribution in [1.29, 1.82) is 0 Å². The molecule has 0 heterocycles. The van der Waals surface area contributed by atoms with Crippen LogP contribution < -0.4 is 10.1 Å². The van der Waals surface area contributed by atoms with Crippen LogP contribution in [-0.2, 0) is 0 Å². The van der Waals surface area contributed by atoms with Gasteiger partial charge in [0, 0.05) is 18.6 Å². The number of benzene rings is 1. The zero-order valence-electron chi connectivity index (χ0n) is 14.4. The van der Waals surface area contributed by atoms with Gasteiger partial charge >= 0.3 is 0 Å². The lowest BCUT2D eigenvalue weighted by Gasteiger charge is -2.30. The summed E-state index contributed by atoms with van der Waals surface area (Å²) >= 11 is 0. The maximum atomic E-state index is 5.53. The molecule has 0 spiro atoms. The zero-order valence-corrected chi connectivity index (χ0v) is 14.4. The van der Waals surface area contributed by atoms with Gasteiger partial charge in [-0.25, -0.2) is 0 Å². The van der Waals surface area contributed by atoms with Gasteiger partial charge in [-0.3, -0.25) is 4.90 Å². The van der Waals surface area contributed by atoms with Crippen LogP contribution in [-0.4, -0.2) is 37.2 Å². The molecule has 1 aromatic carbocycles. The van der Waals surface area contributed by atoms with E-state index in [1.54, 1.807) is 0 Å². The average Bonchev–Trinajstić information content (AvgIpc) is 2.48. The smallest absolute Gasteiger partial charge is 0.119 e. The molecule has 1 aromatic rings. The van der Waals surface area contributed by atoms with Crippen LogP contribution in [0.15, 0.2) is 24.3 Å². The molecule has 0 aliphatic carbocycles. The second-order valence-electron chi connectivity index (χ2n) is 5.69. The van der Waals surface area contributed by atoms with E-state index in [1.165, 1.54) is 5.56 Å². The Kier molecular flexibility index (Phi) is 8.40. The molecule has 0 aromatic heterocycles. The van der Waals surface area contributed by atoms with Gasteiger partial charge in [0.2, 0.25) is 0 Å². The van der Waals surface area contributed by atoms with Crippen LogP contribution in [0.4, 0.5) is 0 Å². The molecule has 0 fully saturated rings. The van der Waals surface area contributed by atoms with Crippen LogP contribution in [0, 0.1) is 0 Å². The summed E-state index contributed by atoms with van der Waals surface area (Å²) in [5.41, 5.74) is 1.34. The van der Waals surface area contributed by atoms with Crippen molar-refractivity contribution in [3.05, 3.63) is 29.8 Å². The first-order valence-corrected chi connectivity index (χ1v) is 8.32. The first kappa shape index (κ1) is 18.0. The van der Waals surface area contributed by atoms with E-state index in [2.05, 4.69) is 62.2 Å². The SMILES string of the molecule is CCCNC(CN(CC)C(C)C)c1ccc(OCC)cc1. The second kappa shape index (κ2) is 9.80. The van der Waals surface area contributed by atoms with Gasteiger partial charge in [-0.1, -0.05) is 26.0 Å². The maximum absolute atomic E-state index is 5.53. The van der Waals surface area contributed by atoms with E-state index in [0.717, 1.165) is 31.8 Å². The quantitative estimate of drug-likeness (QED) is 0.709. The zero-order chi connectivity index (χ0) is 15.7.